The first-order valence-corrected chi connectivity index (χ1v) is 8.08. The maximum atomic E-state index is 11.6. The third-order valence-corrected chi connectivity index (χ3v) is 3.35. The number of carbonyl (C=O) groups excluding carboxylic acids is 1. The molecule has 0 heterocycles. The van der Waals surface area contributed by atoms with Crippen LogP contribution in [-0.4, -0.2) is 25.2 Å². The number of ether oxygens (including phenoxy) is 2. The van der Waals surface area contributed by atoms with E-state index in [1.165, 1.54) is 0 Å². The monoisotopic (exact) mass is 357 g/mol. The molecule has 5 heteroatoms. The molecular formula is C16H24BrNO3. The van der Waals surface area contributed by atoms with Crippen LogP contribution < -0.4 is 10.1 Å². The van der Waals surface area contributed by atoms with Gasteiger partial charge in [0.15, 0.2) is 6.61 Å². The Bertz CT molecular complexity index is 463. The molecule has 1 rings (SSSR count). The zero-order valence-electron chi connectivity index (χ0n) is 13.1. The molecule has 0 saturated heterocycles. The van der Waals surface area contributed by atoms with Gasteiger partial charge in [0.1, 0.15) is 5.75 Å². The van der Waals surface area contributed by atoms with Crippen molar-refractivity contribution in [3.8, 4) is 5.75 Å². The minimum Gasteiger partial charge on any atom is -0.482 e. The number of rotatable bonds is 8. The number of benzene rings is 1. The van der Waals surface area contributed by atoms with Gasteiger partial charge in [-0.25, -0.2) is 4.79 Å². The van der Waals surface area contributed by atoms with E-state index >= 15 is 0 Å². The quantitative estimate of drug-likeness (QED) is 0.718. The lowest BCUT2D eigenvalue weighted by atomic mass is 10.1. The highest BCUT2D eigenvalue weighted by atomic mass is 79.9. The highest BCUT2D eigenvalue weighted by Gasteiger charge is 2.14. The van der Waals surface area contributed by atoms with Crippen molar-refractivity contribution in [1.82, 2.24) is 5.32 Å². The van der Waals surface area contributed by atoms with E-state index in [0.29, 0.717) is 5.75 Å². The van der Waals surface area contributed by atoms with Crippen molar-refractivity contribution >= 4 is 21.9 Å². The summed E-state index contributed by atoms with van der Waals surface area (Å²) >= 11 is 3.43. The molecule has 0 saturated carbocycles. The third kappa shape index (κ3) is 6.48. The predicted molar refractivity (Wildman–Crippen MR) is 87.6 cm³/mol. The lowest BCUT2D eigenvalue weighted by Gasteiger charge is -2.18. The number of hydrogen-bond donors (Lipinski definition) is 1. The molecule has 0 aliphatic carbocycles. The lowest BCUT2D eigenvalue weighted by molar-refractivity contribution is -0.149. The smallest absolute Gasteiger partial charge is 0.344 e. The molecule has 0 radical (unpaired) electrons. The van der Waals surface area contributed by atoms with Gasteiger partial charge in [-0.2, -0.15) is 0 Å². The van der Waals surface area contributed by atoms with E-state index in [2.05, 4.69) is 35.1 Å². The molecule has 1 atom stereocenters. The molecule has 0 spiro atoms. The van der Waals surface area contributed by atoms with Gasteiger partial charge in [0.25, 0.3) is 0 Å². The van der Waals surface area contributed by atoms with Gasteiger partial charge in [0.05, 0.1) is 6.10 Å². The molecule has 0 bridgehead atoms. The number of esters is 1. The summed E-state index contributed by atoms with van der Waals surface area (Å²) in [6, 6.07) is 6.01. The molecular weight excluding hydrogens is 334 g/mol. The summed E-state index contributed by atoms with van der Waals surface area (Å²) in [5.41, 5.74) is 1.03. The van der Waals surface area contributed by atoms with Gasteiger partial charge < -0.3 is 14.8 Å². The Morgan fingerprint density at radius 3 is 2.67 bits per heavy atom. The number of hydrogen-bond acceptors (Lipinski definition) is 4. The van der Waals surface area contributed by atoms with E-state index in [0.717, 1.165) is 23.0 Å². The topological polar surface area (TPSA) is 47.6 Å². The summed E-state index contributed by atoms with van der Waals surface area (Å²) in [5, 5.41) is 3.42. The maximum absolute atomic E-state index is 11.6. The van der Waals surface area contributed by atoms with Gasteiger partial charge in [-0.1, -0.05) is 28.9 Å². The van der Waals surface area contributed by atoms with E-state index in [-0.39, 0.29) is 24.7 Å². The van der Waals surface area contributed by atoms with Crippen molar-refractivity contribution in [3.63, 3.8) is 0 Å². The number of halogens is 1. The average Bonchev–Trinajstić information content (AvgIpc) is 2.42. The molecule has 21 heavy (non-hydrogen) atoms. The first-order valence-electron chi connectivity index (χ1n) is 7.29. The highest BCUT2D eigenvalue weighted by Crippen LogP contribution is 2.28. The van der Waals surface area contributed by atoms with Gasteiger partial charge in [-0.15, -0.1) is 0 Å². The van der Waals surface area contributed by atoms with Crippen molar-refractivity contribution in [2.45, 2.75) is 46.3 Å². The largest absolute Gasteiger partial charge is 0.482 e. The SMILES string of the molecule is CCCNC(C)c1ccc(Br)cc1OCC(=O)OC(C)C. The Balaban J connectivity index is 2.75. The summed E-state index contributed by atoms with van der Waals surface area (Å²) in [6.07, 6.45) is 0.936. The van der Waals surface area contributed by atoms with E-state index in [1.807, 2.05) is 32.0 Å². The second kappa shape index (κ2) is 9.05. The molecule has 0 aromatic heterocycles. The summed E-state index contributed by atoms with van der Waals surface area (Å²) in [7, 11) is 0. The fourth-order valence-corrected chi connectivity index (χ4v) is 2.24. The van der Waals surface area contributed by atoms with Crippen LogP contribution in [0.2, 0.25) is 0 Å². The fourth-order valence-electron chi connectivity index (χ4n) is 1.90. The first kappa shape index (κ1) is 18.0. The second-order valence-electron chi connectivity index (χ2n) is 5.19. The van der Waals surface area contributed by atoms with Crippen LogP contribution in [0.4, 0.5) is 0 Å². The third-order valence-electron chi connectivity index (χ3n) is 2.86. The Morgan fingerprint density at radius 1 is 1.33 bits per heavy atom. The van der Waals surface area contributed by atoms with Crippen LogP contribution in [0.5, 0.6) is 5.75 Å². The number of carbonyl (C=O) groups is 1. The Morgan fingerprint density at radius 2 is 2.05 bits per heavy atom. The fraction of sp³-hybridized carbons (Fsp3) is 0.562. The van der Waals surface area contributed by atoms with Crippen LogP contribution in [0.1, 0.15) is 45.7 Å². The van der Waals surface area contributed by atoms with E-state index in [1.54, 1.807) is 0 Å². The minimum atomic E-state index is -0.356. The summed E-state index contributed by atoms with van der Waals surface area (Å²) in [6.45, 7) is 8.70. The standard InChI is InChI=1S/C16H24BrNO3/c1-5-8-18-12(4)14-7-6-13(17)9-15(14)20-10-16(19)21-11(2)3/h6-7,9,11-12,18H,5,8,10H2,1-4H3. The lowest BCUT2D eigenvalue weighted by Crippen LogP contribution is -2.22. The average molecular weight is 358 g/mol. The zero-order valence-corrected chi connectivity index (χ0v) is 14.7. The Labute approximate surface area is 135 Å². The van der Waals surface area contributed by atoms with Crippen molar-refractivity contribution in [2.75, 3.05) is 13.2 Å². The van der Waals surface area contributed by atoms with Gasteiger partial charge in [-0.3, -0.25) is 0 Å². The summed E-state index contributed by atoms with van der Waals surface area (Å²) in [5.74, 6) is 0.339. The molecule has 1 aromatic carbocycles. The van der Waals surface area contributed by atoms with Crippen molar-refractivity contribution in [2.24, 2.45) is 0 Å². The minimum absolute atomic E-state index is 0.0812. The van der Waals surface area contributed by atoms with E-state index < -0.39 is 0 Å². The van der Waals surface area contributed by atoms with Gasteiger partial charge in [0, 0.05) is 16.1 Å². The molecule has 0 aliphatic rings. The van der Waals surface area contributed by atoms with Crippen LogP contribution in [0.25, 0.3) is 0 Å². The van der Waals surface area contributed by atoms with Crippen LogP contribution in [0, 0.1) is 0 Å². The van der Waals surface area contributed by atoms with E-state index in [4.69, 9.17) is 9.47 Å². The van der Waals surface area contributed by atoms with Crippen LogP contribution >= 0.6 is 15.9 Å². The highest BCUT2D eigenvalue weighted by molar-refractivity contribution is 9.10. The maximum Gasteiger partial charge on any atom is 0.344 e. The van der Waals surface area contributed by atoms with E-state index in [9.17, 15) is 4.79 Å². The molecule has 1 N–H and O–H groups in total. The summed E-state index contributed by atoms with van der Waals surface area (Å²) < 4.78 is 11.6. The molecule has 4 nitrogen and oxygen atoms in total. The van der Waals surface area contributed by atoms with Crippen molar-refractivity contribution in [1.29, 1.82) is 0 Å². The van der Waals surface area contributed by atoms with Crippen LogP contribution in [-0.2, 0) is 9.53 Å². The Hall–Kier alpha value is -1.07. The predicted octanol–water partition coefficient (Wildman–Crippen LogP) is 3.84. The molecule has 118 valence electrons. The zero-order chi connectivity index (χ0) is 15.8. The molecule has 0 fully saturated rings. The van der Waals surface area contributed by atoms with Gasteiger partial charge >= 0.3 is 5.97 Å². The van der Waals surface area contributed by atoms with Crippen molar-refractivity contribution in [3.05, 3.63) is 28.2 Å². The Kier molecular flexibility index (Phi) is 7.75. The summed E-state index contributed by atoms with van der Waals surface area (Å²) in [4.78, 5) is 11.6. The second-order valence-corrected chi connectivity index (χ2v) is 6.10. The van der Waals surface area contributed by atoms with Crippen molar-refractivity contribution < 1.29 is 14.3 Å². The molecule has 1 unspecified atom stereocenters. The molecule has 0 amide bonds. The first-order chi connectivity index (χ1) is 9.93. The molecule has 1 aromatic rings. The van der Waals surface area contributed by atoms with Gasteiger partial charge in [0.2, 0.25) is 0 Å². The normalized spacial score (nSPS) is 12.3. The number of nitrogens with one attached hydrogen (secondary N) is 1. The van der Waals surface area contributed by atoms with Crippen LogP contribution in [0.15, 0.2) is 22.7 Å². The van der Waals surface area contributed by atoms with Gasteiger partial charge in [-0.05, 0) is 45.9 Å². The van der Waals surface area contributed by atoms with Crippen LogP contribution in [0.3, 0.4) is 0 Å². The molecule has 0 aliphatic heterocycles.